The average molecular weight is 393 g/mol. The van der Waals surface area contributed by atoms with Crippen molar-refractivity contribution in [2.24, 2.45) is 5.73 Å². The highest BCUT2D eigenvalue weighted by molar-refractivity contribution is 6.00. The summed E-state index contributed by atoms with van der Waals surface area (Å²) in [7, 11) is 0. The zero-order valence-electron chi connectivity index (χ0n) is 15.3. The summed E-state index contributed by atoms with van der Waals surface area (Å²) in [4.78, 5) is 31.2. The van der Waals surface area contributed by atoms with Crippen molar-refractivity contribution >= 4 is 17.8 Å². The topological polar surface area (TPSA) is 142 Å². The Morgan fingerprint density at radius 3 is 2.83 bits per heavy atom. The van der Waals surface area contributed by atoms with E-state index in [2.05, 4.69) is 20.6 Å². The highest BCUT2D eigenvalue weighted by Gasteiger charge is 2.21. The van der Waals surface area contributed by atoms with Crippen LogP contribution in [0.3, 0.4) is 0 Å². The number of amides is 3. The third-order valence-corrected chi connectivity index (χ3v) is 4.49. The first-order chi connectivity index (χ1) is 14.0. The number of aromatic hydroxyl groups is 1. The third-order valence-electron chi connectivity index (χ3n) is 4.49. The molecule has 6 N–H and O–H groups in total. The number of phenols is 1. The molecule has 9 heteroatoms. The fourth-order valence-electron chi connectivity index (χ4n) is 3.12. The largest absolute Gasteiger partial charge is 0.508 e. The van der Waals surface area contributed by atoms with E-state index in [1.165, 1.54) is 0 Å². The van der Waals surface area contributed by atoms with Crippen molar-refractivity contribution < 1.29 is 19.4 Å². The normalized spacial score (nSPS) is 17.3. The number of aromatic nitrogens is 2. The number of allylic oxidation sites excluding steroid dienone is 1. The van der Waals surface area contributed by atoms with Crippen molar-refractivity contribution in [2.75, 3.05) is 11.9 Å². The molecule has 2 heterocycles. The molecule has 2 aliphatic rings. The lowest BCUT2D eigenvalue weighted by molar-refractivity contribution is 0.0997. The molecule has 29 heavy (non-hydrogen) atoms. The van der Waals surface area contributed by atoms with Gasteiger partial charge in [-0.25, -0.2) is 9.78 Å². The number of ether oxygens (including phenoxy) is 1. The summed E-state index contributed by atoms with van der Waals surface area (Å²) in [6.45, 7) is 0.541. The zero-order chi connectivity index (χ0) is 20.4. The van der Waals surface area contributed by atoms with Crippen LogP contribution in [-0.2, 0) is 11.2 Å². The molecule has 1 atom stereocenters. The number of carbonyl (C=O) groups excluding carboxylic acids is 2. The van der Waals surface area contributed by atoms with Gasteiger partial charge in [0.05, 0.1) is 6.61 Å². The van der Waals surface area contributed by atoms with Crippen LogP contribution in [0.5, 0.6) is 5.75 Å². The zero-order valence-corrected chi connectivity index (χ0v) is 15.3. The van der Waals surface area contributed by atoms with Crippen molar-refractivity contribution in [1.82, 2.24) is 15.3 Å². The number of urea groups is 1. The van der Waals surface area contributed by atoms with Gasteiger partial charge >= 0.3 is 6.03 Å². The molecule has 148 valence electrons. The van der Waals surface area contributed by atoms with E-state index in [0.29, 0.717) is 24.5 Å². The number of primary amides is 1. The van der Waals surface area contributed by atoms with Gasteiger partial charge in [-0.2, -0.15) is 0 Å². The smallest absolute Gasteiger partial charge is 0.324 e. The summed E-state index contributed by atoms with van der Waals surface area (Å²) in [6.07, 6.45) is 7.68. The maximum atomic E-state index is 12.4. The van der Waals surface area contributed by atoms with Crippen molar-refractivity contribution in [3.05, 3.63) is 76.9 Å². The predicted octanol–water partition coefficient (Wildman–Crippen LogP) is 1.71. The number of anilines is 1. The fraction of sp³-hybridized carbons (Fsp3) is 0.150. The van der Waals surface area contributed by atoms with E-state index in [4.69, 9.17) is 10.5 Å². The van der Waals surface area contributed by atoms with Crippen molar-refractivity contribution in [3.63, 3.8) is 0 Å². The van der Waals surface area contributed by atoms with Crippen molar-refractivity contribution in [3.8, 4) is 5.75 Å². The standard InChI is InChI=1S/C20H19N5O4/c21-18(27)17-19(24-16(23-17)9-11-1-4-14(26)5-2-11)25-20(28)22-13-3-6-15-12(10-13)7-8-29-15/h1-7,10,15,26H,8-9H2,(H2,21,27)(H,23,24)(H2,22,25,28). The lowest BCUT2D eigenvalue weighted by Crippen LogP contribution is -2.30. The molecule has 1 aromatic heterocycles. The number of fused-ring (bicyclic) bond motifs is 1. The van der Waals surface area contributed by atoms with Gasteiger partial charge in [-0.1, -0.05) is 18.2 Å². The van der Waals surface area contributed by atoms with E-state index in [-0.39, 0.29) is 23.4 Å². The number of hydrogen-bond donors (Lipinski definition) is 5. The number of rotatable bonds is 5. The van der Waals surface area contributed by atoms with E-state index in [0.717, 1.165) is 11.1 Å². The number of aromatic amines is 1. The monoisotopic (exact) mass is 393 g/mol. The van der Waals surface area contributed by atoms with Gasteiger partial charge < -0.3 is 25.9 Å². The molecule has 1 aliphatic carbocycles. The van der Waals surface area contributed by atoms with Gasteiger partial charge in [0, 0.05) is 12.1 Å². The van der Waals surface area contributed by atoms with Crippen LogP contribution in [0.15, 0.2) is 59.8 Å². The minimum Gasteiger partial charge on any atom is -0.508 e. The molecule has 3 amide bonds. The summed E-state index contributed by atoms with van der Waals surface area (Å²) < 4.78 is 5.47. The summed E-state index contributed by atoms with van der Waals surface area (Å²) in [6, 6.07) is 6.03. The number of nitrogens with one attached hydrogen (secondary N) is 3. The van der Waals surface area contributed by atoms with Crippen LogP contribution in [0.1, 0.15) is 21.9 Å². The summed E-state index contributed by atoms with van der Waals surface area (Å²) in [5.74, 6) is -0.0851. The Balaban J connectivity index is 1.46. The van der Waals surface area contributed by atoms with Crippen LogP contribution < -0.4 is 16.4 Å². The molecule has 1 unspecified atom stereocenters. The van der Waals surface area contributed by atoms with E-state index >= 15 is 0 Å². The average Bonchev–Trinajstić information content (AvgIpc) is 3.30. The number of phenolic OH excluding ortho intramolecular Hbond substituents is 1. The Morgan fingerprint density at radius 2 is 2.07 bits per heavy atom. The quantitative estimate of drug-likeness (QED) is 0.525. The van der Waals surface area contributed by atoms with Crippen LogP contribution >= 0.6 is 0 Å². The lowest BCUT2D eigenvalue weighted by Gasteiger charge is -2.15. The number of imidazole rings is 1. The summed E-state index contributed by atoms with van der Waals surface area (Å²) >= 11 is 0. The second-order valence-electron chi connectivity index (χ2n) is 6.61. The maximum absolute atomic E-state index is 12.4. The first-order valence-electron chi connectivity index (χ1n) is 8.94. The van der Waals surface area contributed by atoms with Crippen LogP contribution in [0.25, 0.3) is 0 Å². The predicted molar refractivity (Wildman–Crippen MR) is 105 cm³/mol. The first kappa shape index (κ1) is 18.5. The Morgan fingerprint density at radius 1 is 1.28 bits per heavy atom. The van der Waals surface area contributed by atoms with Gasteiger partial charge in [0.25, 0.3) is 5.91 Å². The second kappa shape index (κ2) is 7.64. The van der Waals surface area contributed by atoms with Crippen LogP contribution in [-0.4, -0.2) is 39.7 Å². The number of benzene rings is 1. The molecule has 4 rings (SSSR count). The van der Waals surface area contributed by atoms with Gasteiger partial charge in [0.2, 0.25) is 0 Å². The summed E-state index contributed by atoms with van der Waals surface area (Å²) in [5, 5.41) is 14.6. The van der Waals surface area contributed by atoms with Gasteiger partial charge in [-0.05, 0) is 41.5 Å². The molecule has 0 saturated heterocycles. The van der Waals surface area contributed by atoms with E-state index in [1.54, 1.807) is 30.3 Å². The maximum Gasteiger partial charge on any atom is 0.324 e. The third kappa shape index (κ3) is 4.19. The molecule has 0 radical (unpaired) electrons. The Bertz CT molecular complexity index is 1050. The number of H-pyrrole nitrogens is 1. The minimum atomic E-state index is -0.738. The Labute approximate surface area is 166 Å². The van der Waals surface area contributed by atoms with Gasteiger partial charge in [-0.3, -0.25) is 10.1 Å². The number of hydrogen-bond acceptors (Lipinski definition) is 5. The number of carbonyl (C=O) groups is 2. The molecule has 0 bridgehead atoms. The van der Waals surface area contributed by atoms with Crippen molar-refractivity contribution in [1.29, 1.82) is 0 Å². The van der Waals surface area contributed by atoms with Crippen LogP contribution in [0.4, 0.5) is 10.6 Å². The Kier molecular flexibility index (Phi) is 4.88. The molecule has 2 aromatic rings. The molecule has 0 spiro atoms. The SMILES string of the molecule is NC(=O)c1[nH]c(Cc2ccc(O)cc2)nc1NC(=O)NC1=CC2=CCOC2C=C1. The van der Waals surface area contributed by atoms with Gasteiger partial charge in [0.1, 0.15) is 23.4 Å². The highest BCUT2D eigenvalue weighted by atomic mass is 16.5. The van der Waals surface area contributed by atoms with Crippen LogP contribution in [0, 0.1) is 0 Å². The molecular formula is C20H19N5O4. The van der Waals surface area contributed by atoms with E-state index in [9.17, 15) is 14.7 Å². The van der Waals surface area contributed by atoms with Crippen LogP contribution in [0.2, 0.25) is 0 Å². The molecule has 1 aliphatic heterocycles. The lowest BCUT2D eigenvalue weighted by atomic mass is 10.0. The van der Waals surface area contributed by atoms with E-state index in [1.807, 2.05) is 18.2 Å². The van der Waals surface area contributed by atoms with E-state index < -0.39 is 11.9 Å². The molecule has 1 aromatic carbocycles. The molecular weight excluding hydrogens is 374 g/mol. The van der Waals surface area contributed by atoms with Gasteiger partial charge in [0.15, 0.2) is 5.82 Å². The molecule has 9 nitrogen and oxygen atoms in total. The van der Waals surface area contributed by atoms with Crippen molar-refractivity contribution in [2.45, 2.75) is 12.5 Å². The summed E-state index contributed by atoms with van der Waals surface area (Å²) in [5.41, 5.74) is 7.85. The Hall–Kier alpha value is -3.85. The minimum absolute atomic E-state index is 0.00839. The highest BCUT2D eigenvalue weighted by Crippen LogP contribution is 2.23. The first-order valence-corrected chi connectivity index (χ1v) is 8.94. The molecule has 0 saturated carbocycles. The molecule has 0 fully saturated rings. The fourth-order valence-corrected chi connectivity index (χ4v) is 3.12. The van der Waals surface area contributed by atoms with Gasteiger partial charge in [-0.15, -0.1) is 0 Å². The number of nitrogens with zero attached hydrogens (tertiary/aromatic N) is 1. The number of nitrogens with two attached hydrogens (primary N) is 1. The second-order valence-corrected chi connectivity index (χ2v) is 6.61.